The minimum atomic E-state index is -0.437. The van der Waals surface area contributed by atoms with Gasteiger partial charge in [0.1, 0.15) is 0 Å². The third kappa shape index (κ3) is 2.84. The van der Waals surface area contributed by atoms with Crippen LogP contribution >= 0.6 is 0 Å². The maximum atomic E-state index is 11.8. The highest BCUT2D eigenvalue weighted by Gasteiger charge is 2.15. The Kier molecular flexibility index (Phi) is 3.88. The van der Waals surface area contributed by atoms with E-state index in [-0.39, 0.29) is 0 Å². The molecule has 0 aliphatic heterocycles. The highest BCUT2D eigenvalue weighted by atomic mass is 16.1. The first-order valence-corrected chi connectivity index (χ1v) is 9.34. The number of carbonyl (C=O) groups is 1. The van der Waals surface area contributed by atoms with Gasteiger partial charge in [-0.2, -0.15) is 5.10 Å². The number of nitrogens with two attached hydrogens (primary N) is 1. The lowest BCUT2D eigenvalue weighted by Crippen LogP contribution is -2.11. The third-order valence-electron chi connectivity index (χ3n) is 5.22. The number of hydrogen-bond donors (Lipinski definition) is 1. The van der Waals surface area contributed by atoms with E-state index in [1.54, 1.807) is 10.6 Å². The highest BCUT2D eigenvalue weighted by molar-refractivity contribution is 6.11. The normalized spacial score (nSPS) is 11.2. The molecular formula is C24H18N4O. The first kappa shape index (κ1) is 17.1. The van der Waals surface area contributed by atoms with Crippen LogP contribution in [0.25, 0.3) is 38.7 Å². The molecule has 3 aromatic carbocycles. The van der Waals surface area contributed by atoms with E-state index in [9.17, 15) is 4.79 Å². The Morgan fingerprint density at radius 3 is 2.38 bits per heavy atom. The van der Waals surface area contributed by atoms with E-state index in [0.29, 0.717) is 5.56 Å². The number of rotatable bonds is 3. The van der Waals surface area contributed by atoms with Crippen molar-refractivity contribution in [3.63, 3.8) is 0 Å². The van der Waals surface area contributed by atoms with Gasteiger partial charge in [0.15, 0.2) is 5.65 Å². The van der Waals surface area contributed by atoms with Crippen molar-refractivity contribution in [3.05, 3.63) is 90.4 Å². The van der Waals surface area contributed by atoms with Crippen LogP contribution in [-0.4, -0.2) is 20.5 Å². The van der Waals surface area contributed by atoms with Crippen molar-refractivity contribution in [2.75, 3.05) is 0 Å². The molecule has 1 amide bonds. The van der Waals surface area contributed by atoms with E-state index >= 15 is 0 Å². The number of primary amides is 1. The van der Waals surface area contributed by atoms with Crippen molar-refractivity contribution in [1.82, 2.24) is 14.6 Å². The molecule has 0 atom stereocenters. The summed E-state index contributed by atoms with van der Waals surface area (Å²) in [6, 6.07) is 19.8. The summed E-state index contributed by atoms with van der Waals surface area (Å²) in [5.74, 6) is -0.437. The fraction of sp³-hybridized carbons (Fsp3) is 0.0417. The van der Waals surface area contributed by atoms with Gasteiger partial charge in [-0.25, -0.2) is 9.50 Å². The molecule has 0 aliphatic carbocycles. The monoisotopic (exact) mass is 378 g/mol. The van der Waals surface area contributed by atoms with Crippen LogP contribution in [0.4, 0.5) is 0 Å². The summed E-state index contributed by atoms with van der Waals surface area (Å²) < 4.78 is 1.79. The number of aryl methyl sites for hydroxylation is 1. The molecule has 29 heavy (non-hydrogen) atoms. The molecule has 5 nitrogen and oxygen atoms in total. The van der Waals surface area contributed by atoms with Crippen LogP contribution < -0.4 is 5.73 Å². The molecule has 0 saturated heterocycles. The van der Waals surface area contributed by atoms with Gasteiger partial charge < -0.3 is 5.73 Å². The Hall–Kier alpha value is -3.99. The lowest BCUT2D eigenvalue weighted by atomic mass is 9.96. The summed E-state index contributed by atoms with van der Waals surface area (Å²) in [7, 11) is 0. The van der Waals surface area contributed by atoms with Gasteiger partial charge in [0.2, 0.25) is 5.91 Å². The van der Waals surface area contributed by atoms with E-state index in [4.69, 9.17) is 5.73 Å². The molecule has 2 N–H and O–H groups in total. The zero-order chi connectivity index (χ0) is 20.0. The van der Waals surface area contributed by atoms with Crippen molar-refractivity contribution < 1.29 is 4.79 Å². The standard InChI is InChI=1S/C24H18N4O/c1-15-6-8-16(9-7-15)17-12-26-24-22(13-27-28(24)14-17)20-10-11-21(23(25)29)19-5-3-2-4-18(19)20/h2-14H,1H3,(H2,25,29). The SMILES string of the molecule is Cc1ccc(-c2cnc3c(-c4ccc(C(N)=O)c5ccccc45)cnn3c2)cc1. The number of carbonyl (C=O) groups excluding carboxylic acids is 1. The van der Waals surface area contributed by atoms with Crippen molar-refractivity contribution in [2.45, 2.75) is 6.92 Å². The molecule has 2 aromatic heterocycles. The minimum Gasteiger partial charge on any atom is -0.366 e. The fourth-order valence-electron chi connectivity index (χ4n) is 3.71. The van der Waals surface area contributed by atoms with Crippen LogP contribution in [0.3, 0.4) is 0 Å². The molecule has 2 heterocycles. The number of nitrogens with zero attached hydrogens (tertiary/aromatic N) is 3. The Labute approximate surface area is 167 Å². The summed E-state index contributed by atoms with van der Waals surface area (Å²) in [4.78, 5) is 16.5. The van der Waals surface area contributed by atoms with Gasteiger partial charge >= 0.3 is 0 Å². The lowest BCUT2D eigenvalue weighted by Gasteiger charge is -2.09. The third-order valence-corrected chi connectivity index (χ3v) is 5.22. The van der Waals surface area contributed by atoms with Gasteiger partial charge in [0, 0.05) is 29.1 Å². The smallest absolute Gasteiger partial charge is 0.249 e. The van der Waals surface area contributed by atoms with Gasteiger partial charge in [-0.1, -0.05) is 60.2 Å². The molecule has 0 fully saturated rings. The first-order valence-electron chi connectivity index (χ1n) is 9.34. The molecule has 140 valence electrons. The molecule has 0 aliphatic rings. The molecule has 5 heteroatoms. The van der Waals surface area contributed by atoms with Gasteiger partial charge in [-0.05, 0) is 34.9 Å². The van der Waals surface area contributed by atoms with Crippen LogP contribution in [-0.2, 0) is 0 Å². The Balaban J connectivity index is 1.68. The van der Waals surface area contributed by atoms with Crippen molar-refractivity contribution in [2.24, 2.45) is 5.73 Å². The van der Waals surface area contributed by atoms with Gasteiger partial charge in [0.25, 0.3) is 0 Å². The quantitative estimate of drug-likeness (QED) is 0.498. The van der Waals surface area contributed by atoms with Crippen molar-refractivity contribution in [3.8, 4) is 22.3 Å². The largest absolute Gasteiger partial charge is 0.366 e. The topological polar surface area (TPSA) is 73.3 Å². The summed E-state index contributed by atoms with van der Waals surface area (Å²) in [5, 5.41) is 6.30. The molecule has 5 aromatic rings. The molecular weight excluding hydrogens is 360 g/mol. The maximum absolute atomic E-state index is 11.8. The molecule has 0 bridgehead atoms. The van der Waals surface area contributed by atoms with Crippen LogP contribution in [0.15, 0.2) is 79.3 Å². The summed E-state index contributed by atoms with van der Waals surface area (Å²) in [6.45, 7) is 2.07. The predicted molar refractivity (Wildman–Crippen MR) is 115 cm³/mol. The zero-order valence-electron chi connectivity index (χ0n) is 15.8. The summed E-state index contributed by atoms with van der Waals surface area (Å²) in [6.07, 6.45) is 5.66. The molecule has 0 unspecified atom stereocenters. The van der Waals surface area contributed by atoms with Gasteiger partial charge in [0.05, 0.1) is 6.20 Å². The maximum Gasteiger partial charge on any atom is 0.249 e. The molecule has 0 radical (unpaired) electrons. The summed E-state index contributed by atoms with van der Waals surface area (Å²) >= 11 is 0. The fourth-order valence-corrected chi connectivity index (χ4v) is 3.71. The van der Waals surface area contributed by atoms with E-state index < -0.39 is 5.91 Å². The van der Waals surface area contributed by atoms with Crippen molar-refractivity contribution in [1.29, 1.82) is 0 Å². The molecule has 5 rings (SSSR count). The molecule has 0 spiro atoms. The number of amides is 1. The first-order chi connectivity index (χ1) is 14.1. The van der Waals surface area contributed by atoms with Gasteiger partial charge in [-0.3, -0.25) is 4.79 Å². The van der Waals surface area contributed by atoms with E-state index in [1.165, 1.54) is 5.56 Å². The highest BCUT2D eigenvalue weighted by Crippen LogP contribution is 2.33. The minimum absolute atomic E-state index is 0.437. The van der Waals surface area contributed by atoms with Crippen LogP contribution in [0.2, 0.25) is 0 Å². The van der Waals surface area contributed by atoms with Crippen LogP contribution in [0.1, 0.15) is 15.9 Å². The van der Waals surface area contributed by atoms with Crippen LogP contribution in [0.5, 0.6) is 0 Å². The Bertz CT molecular complexity index is 1380. The lowest BCUT2D eigenvalue weighted by molar-refractivity contribution is 0.100. The van der Waals surface area contributed by atoms with E-state index in [0.717, 1.165) is 38.7 Å². The summed E-state index contributed by atoms with van der Waals surface area (Å²) in [5.41, 5.74) is 12.0. The predicted octanol–water partition coefficient (Wildman–Crippen LogP) is 4.62. The number of aromatic nitrogens is 3. The van der Waals surface area contributed by atoms with Gasteiger partial charge in [-0.15, -0.1) is 0 Å². The molecule has 0 saturated carbocycles. The van der Waals surface area contributed by atoms with E-state index in [1.807, 2.05) is 48.9 Å². The Morgan fingerprint density at radius 2 is 1.62 bits per heavy atom. The second-order valence-electron chi connectivity index (χ2n) is 7.11. The van der Waals surface area contributed by atoms with Crippen LogP contribution in [0, 0.1) is 6.92 Å². The average molecular weight is 378 g/mol. The number of hydrogen-bond acceptors (Lipinski definition) is 3. The second-order valence-corrected chi connectivity index (χ2v) is 7.11. The zero-order valence-corrected chi connectivity index (χ0v) is 15.8. The number of benzene rings is 3. The van der Waals surface area contributed by atoms with Crippen molar-refractivity contribution >= 4 is 22.3 Å². The second kappa shape index (κ2) is 6.56. The van der Waals surface area contributed by atoms with E-state index in [2.05, 4.69) is 41.3 Å². The average Bonchev–Trinajstić information content (AvgIpc) is 3.16. The number of fused-ring (bicyclic) bond motifs is 2. The Morgan fingerprint density at radius 1 is 0.862 bits per heavy atom.